The standard InChI is InChI=1S/C12H18N4O3/c1-19-3-2-11(17)14-8-4-7(5-8)9-6-10(12(13)18)16-15-9/h6-8H,2-5H2,1H3,(H2,13,18)(H,14,17)(H,15,16). The fourth-order valence-electron chi connectivity index (χ4n) is 2.16. The Balaban J connectivity index is 1.76. The van der Waals surface area contributed by atoms with Crippen LogP contribution in [0.5, 0.6) is 0 Å². The minimum absolute atomic E-state index is 0.00716. The number of ether oxygens (including phenoxy) is 1. The van der Waals surface area contributed by atoms with Gasteiger partial charge in [-0.1, -0.05) is 0 Å². The van der Waals surface area contributed by atoms with Crippen LogP contribution < -0.4 is 11.1 Å². The van der Waals surface area contributed by atoms with Crippen molar-refractivity contribution in [2.75, 3.05) is 13.7 Å². The lowest BCUT2D eigenvalue weighted by molar-refractivity contribution is -0.123. The number of methoxy groups -OCH3 is 1. The van der Waals surface area contributed by atoms with Crippen LogP contribution in [0.2, 0.25) is 0 Å². The van der Waals surface area contributed by atoms with E-state index in [1.165, 1.54) is 0 Å². The minimum Gasteiger partial charge on any atom is -0.384 e. The van der Waals surface area contributed by atoms with Crippen LogP contribution in [0.3, 0.4) is 0 Å². The summed E-state index contributed by atoms with van der Waals surface area (Å²) in [7, 11) is 1.57. The Morgan fingerprint density at radius 3 is 2.89 bits per heavy atom. The van der Waals surface area contributed by atoms with Crippen LogP contribution in [0, 0.1) is 0 Å². The Labute approximate surface area is 110 Å². The quantitative estimate of drug-likeness (QED) is 0.668. The van der Waals surface area contributed by atoms with E-state index in [-0.39, 0.29) is 17.6 Å². The van der Waals surface area contributed by atoms with Crippen molar-refractivity contribution >= 4 is 11.8 Å². The molecule has 0 bridgehead atoms. The van der Waals surface area contributed by atoms with Crippen LogP contribution in [-0.2, 0) is 9.53 Å². The summed E-state index contributed by atoms with van der Waals surface area (Å²) in [5.74, 6) is -0.229. The molecule has 2 amide bonds. The van der Waals surface area contributed by atoms with Crippen LogP contribution in [0.25, 0.3) is 0 Å². The second-order valence-electron chi connectivity index (χ2n) is 4.75. The number of amides is 2. The summed E-state index contributed by atoms with van der Waals surface area (Å²) in [6, 6.07) is 1.87. The van der Waals surface area contributed by atoms with E-state index >= 15 is 0 Å². The molecule has 7 nitrogen and oxygen atoms in total. The second-order valence-corrected chi connectivity index (χ2v) is 4.75. The molecule has 0 radical (unpaired) electrons. The monoisotopic (exact) mass is 266 g/mol. The van der Waals surface area contributed by atoms with Crippen molar-refractivity contribution in [2.24, 2.45) is 5.73 Å². The highest BCUT2D eigenvalue weighted by atomic mass is 16.5. The van der Waals surface area contributed by atoms with Gasteiger partial charge in [-0.25, -0.2) is 0 Å². The summed E-state index contributed by atoms with van der Waals surface area (Å²) in [4.78, 5) is 22.4. The van der Waals surface area contributed by atoms with Gasteiger partial charge >= 0.3 is 0 Å². The van der Waals surface area contributed by atoms with E-state index in [2.05, 4.69) is 15.5 Å². The molecule has 0 aromatic carbocycles. The number of carbonyl (C=O) groups is 2. The van der Waals surface area contributed by atoms with Crippen molar-refractivity contribution in [1.82, 2.24) is 15.5 Å². The molecule has 0 aliphatic heterocycles. The molecule has 0 unspecified atom stereocenters. The lowest BCUT2D eigenvalue weighted by atomic mass is 9.78. The Morgan fingerprint density at radius 1 is 1.58 bits per heavy atom. The number of H-pyrrole nitrogens is 1. The average Bonchev–Trinajstić information content (AvgIpc) is 2.79. The number of rotatable bonds is 6. The van der Waals surface area contributed by atoms with Crippen molar-refractivity contribution in [3.63, 3.8) is 0 Å². The third-order valence-electron chi connectivity index (χ3n) is 3.33. The van der Waals surface area contributed by atoms with Crippen LogP contribution >= 0.6 is 0 Å². The van der Waals surface area contributed by atoms with Gasteiger partial charge in [0, 0.05) is 31.2 Å². The van der Waals surface area contributed by atoms with Gasteiger partial charge in [-0.2, -0.15) is 5.10 Å². The van der Waals surface area contributed by atoms with Gasteiger partial charge in [0.1, 0.15) is 5.69 Å². The summed E-state index contributed by atoms with van der Waals surface area (Å²) < 4.78 is 4.84. The summed E-state index contributed by atoms with van der Waals surface area (Å²) in [5, 5.41) is 9.59. The van der Waals surface area contributed by atoms with Crippen molar-refractivity contribution in [2.45, 2.75) is 31.2 Å². The first-order chi connectivity index (χ1) is 9.10. The van der Waals surface area contributed by atoms with E-state index in [0.717, 1.165) is 18.5 Å². The van der Waals surface area contributed by atoms with Gasteiger partial charge in [-0.3, -0.25) is 14.7 Å². The van der Waals surface area contributed by atoms with Crippen molar-refractivity contribution < 1.29 is 14.3 Å². The van der Waals surface area contributed by atoms with Gasteiger partial charge in [-0.15, -0.1) is 0 Å². The molecule has 104 valence electrons. The number of aromatic nitrogens is 2. The molecule has 1 aliphatic rings. The Kier molecular flexibility index (Phi) is 4.16. The molecule has 0 spiro atoms. The molecule has 1 aromatic heterocycles. The highest BCUT2D eigenvalue weighted by Crippen LogP contribution is 2.36. The number of carbonyl (C=O) groups excluding carboxylic acids is 2. The molecule has 0 saturated heterocycles. The maximum atomic E-state index is 11.5. The van der Waals surface area contributed by atoms with Gasteiger partial charge in [-0.05, 0) is 18.9 Å². The SMILES string of the molecule is COCCC(=O)NC1CC(c2cc(C(N)=O)n[nH]2)C1. The van der Waals surface area contributed by atoms with Crippen LogP contribution in [-0.4, -0.2) is 41.8 Å². The molecule has 1 fully saturated rings. The van der Waals surface area contributed by atoms with E-state index in [9.17, 15) is 9.59 Å². The molecule has 1 heterocycles. The summed E-state index contributed by atoms with van der Waals surface area (Å²) >= 11 is 0. The van der Waals surface area contributed by atoms with Gasteiger partial charge in [0.05, 0.1) is 6.61 Å². The van der Waals surface area contributed by atoms with E-state index < -0.39 is 5.91 Å². The van der Waals surface area contributed by atoms with Crippen LogP contribution in [0.15, 0.2) is 6.07 Å². The zero-order valence-electron chi connectivity index (χ0n) is 10.8. The van der Waals surface area contributed by atoms with Gasteiger partial charge in [0.2, 0.25) is 5.91 Å². The smallest absolute Gasteiger partial charge is 0.269 e. The summed E-state index contributed by atoms with van der Waals surface area (Å²) in [5.41, 5.74) is 6.29. The number of hydrogen-bond acceptors (Lipinski definition) is 4. The molecular formula is C12H18N4O3. The second kappa shape index (κ2) is 5.83. The van der Waals surface area contributed by atoms with Gasteiger partial charge < -0.3 is 15.8 Å². The number of nitrogens with two attached hydrogens (primary N) is 1. The topological polar surface area (TPSA) is 110 Å². The molecule has 0 atom stereocenters. The van der Waals surface area contributed by atoms with E-state index in [4.69, 9.17) is 10.5 Å². The number of primary amides is 1. The maximum Gasteiger partial charge on any atom is 0.269 e. The van der Waals surface area contributed by atoms with E-state index in [1.807, 2.05) is 0 Å². The van der Waals surface area contributed by atoms with Crippen molar-refractivity contribution in [1.29, 1.82) is 0 Å². The van der Waals surface area contributed by atoms with E-state index in [1.54, 1.807) is 13.2 Å². The molecular weight excluding hydrogens is 248 g/mol. The lowest BCUT2D eigenvalue weighted by Crippen LogP contribution is -2.43. The first-order valence-corrected chi connectivity index (χ1v) is 6.23. The minimum atomic E-state index is -0.536. The third kappa shape index (κ3) is 3.31. The summed E-state index contributed by atoms with van der Waals surface area (Å²) in [6.07, 6.45) is 2.08. The first kappa shape index (κ1) is 13.5. The first-order valence-electron chi connectivity index (χ1n) is 6.23. The molecule has 19 heavy (non-hydrogen) atoms. The highest BCUT2D eigenvalue weighted by molar-refractivity contribution is 5.90. The Hall–Kier alpha value is -1.89. The number of nitrogens with zero attached hydrogens (tertiary/aromatic N) is 1. The van der Waals surface area contributed by atoms with Gasteiger partial charge in [0.25, 0.3) is 5.91 Å². The molecule has 1 saturated carbocycles. The number of nitrogens with one attached hydrogen (secondary N) is 2. The van der Waals surface area contributed by atoms with Crippen LogP contribution in [0.4, 0.5) is 0 Å². The largest absolute Gasteiger partial charge is 0.384 e. The van der Waals surface area contributed by atoms with Crippen LogP contribution in [0.1, 0.15) is 41.4 Å². The normalized spacial score (nSPS) is 21.7. The predicted molar refractivity (Wildman–Crippen MR) is 67.5 cm³/mol. The zero-order valence-corrected chi connectivity index (χ0v) is 10.8. The highest BCUT2D eigenvalue weighted by Gasteiger charge is 2.32. The third-order valence-corrected chi connectivity index (χ3v) is 3.33. The molecule has 7 heteroatoms. The Bertz CT molecular complexity index is 465. The molecule has 1 aliphatic carbocycles. The molecule has 2 rings (SSSR count). The molecule has 4 N–H and O–H groups in total. The summed E-state index contributed by atoms with van der Waals surface area (Å²) in [6.45, 7) is 0.435. The predicted octanol–water partition coefficient (Wildman–Crippen LogP) is -0.0927. The average molecular weight is 266 g/mol. The number of hydrogen-bond donors (Lipinski definition) is 3. The maximum absolute atomic E-state index is 11.5. The van der Waals surface area contributed by atoms with Crippen molar-refractivity contribution in [3.8, 4) is 0 Å². The molecule has 1 aromatic rings. The van der Waals surface area contributed by atoms with Crippen molar-refractivity contribution in [3.05, 3.63) is 17.5 Å². The fourth-order valence-corrected chi connectivity index (χ4v) is 2.16. The number of aromatic amines is 1. The lowest BCUT2D eigenvalue weighted by Gasteiger charge is -2.35. The fraction of sp³-hybridized carbons (Fsp3) is 0.583. The van der Waals surface area contributed by atoms with Gasteiger partial charge in [0.15, 0.2) is 0 Å². The zero-order chi connectivity index (χ0) is 13.8. The van der Waals surface area contributed by atoms with E-state index in [0.29, 0.717) is 18.9 Å². The Morgan fingerprint density at radius 2 is 2.32 bits per heavy atom.